The third-order valence-electron chi connectivity index (χ3n) is 7.97. The molecule has 2 aliphatic rings. The molecule has 1 aliphatic carbocycles. The molecule has 0 saturated carbocycles. The predicted octanol–water partition coefficient (Wildman–Crippen LogP) is 3.92. The molecule has 1 heterocycles. The maximum absolute atomic E-state index is 13.4. The average Bonchev–Trinajstić information content (AvgIpc) is 3.15. The van der Waals surface area contributed by atoms with E-state index in [0.717, 1.165) is 29.6 Å². The van der Waals surface area contributed by atoms with Gasteiger partial charge in [0.25, 0.3) is 0 Å². The van der Waals surface area contributed by atoms with Gasteiger partial charge in [-0.15, -0.1) is 0 Å². The van der Waals surface area contributed by atoms with E-state index in [2.05, 4.69) is 6.92 Å². The summed E-state index contributed by atoms with van der Waals surface area (Å²) in [6.45, 7) is 2.13. The quantitative estimate of drug-likeness (QED) is 0.136. The second-order valence-electron chi connectivity index (χ2n) is 10.9. The molecule has 4 N–H and O–H groups in total. The van der Waals surface area contributed by atoms with Crippen LogP contribution in [0.3, 0.4) is 0 Å². The summed E-state index contributed by atoms with van der Waals surface area (Å²) in [5.41, 5.74) is 3.36. The summed E-state index contributed by atoms with van der Waals surface area (Å²) in [6, 6.07) is 7.00. The van der Waals surface area contributed by atoms with E-state index >= 15 is 0 Å². The fraction of sp³-hybridized carbons (Fsp3) is 0.581. The number of hydrogen-bond donors (Lipinski definition) is 4. The van der Waals surface area contributed by atoms with Crippen molar-refractivity contribution in [2.24, 2.45) is 17.8 Å². The van der Waals surface area contributed by atoms with E-state index in [1.807, 2.05) is 12.1 Å². The van der Waals surface area contributed by atoms with Crippen molar-refractivity contribution in [1.82, 2.24) is 4.90 Å². The number of carbonyl (C=O) groups excluding carboxylic acids is 2. The van der Waals surface area contributed by atoms with Crippen LogP contribution in [0.15, 0.2) is 41.0 Å². The molecular formula is C31H43NO8. The summed E-state index contributed by atoms with van der Waals surface area (Å²) in [5, 5.41) is 40.5. The summed E-state index contributed by atoms with van der Waals surface area (Å²) in [6.07, 6.45) is 5.77. The lowest BCUT2D eigenvalue weighted by atomic mass is 9.68. The van der Waals surface area contributed by atoms with Crippen LogP contribution >= 0.6 is 0 Å². The largest absolute Gasteiger partial charge is 0.508 e. The van der Waals surface area contributed by atoms with Crippen LogP contribution in [0.4, 0.5) is 0 Å². The standard InChI is InChI=1S/C31H43NO8/c1-3-8-20(15-21-9-7-10-23(34)16-21)12-13-26(35)28-22(19-40-2)17-24-29(25(28)18-33)31(39)32(30(24)38)14-6-4-5-11-27(36)37/h7,9-10,15-16,24-26,29,33-35H,3-6,8,11-14,17-19H2,1-2H3,(H,36,37)/b20-15+/t24-,25+,26-,29-/m1/s1. The molecule has 1 aliphatic heterocycles. The van der Waals surface area contributed by atoms with Crippen molar-refractivity contribution in [2.75, 3.05) is 26.9 Å². The minimum absolute atomic E-state index is 0.0499. The van der Waals surface area contributed by atoms with Gasteiger partial charge in [-0.2, -0.15) is 0 Å². The van der Waals surface area contributed by atoms with E-state index in [1.54, 1.807) is 25.3 Å². The van der Waals surface area contributed by atoms with Gasteiger partial charge in [0.05, 0.1) is 31.2 Å². The number of rotatable bonds is 16. The van der Waals surface area contributed by atoms with Gasteiger partial charge < -0.3 is 25.2 Å². The summed E-state index contributed by atoms with van der Waals surface area (Å²) in [5.74, 6) is -3.31. The van der Waals surface area contributed by atoms with Crippen LogP contribution in [-0.4, -0.2) is 76.1 Å². The molecule has 2 amide bonds. The number of imide groups is 1. The van der Waals surface area contributed by atoms with Crippen LogP contribution in [0.25, 0.3) is 6.08 Å². The number of carboxylic acid groups (broad SMARTS) is 1. The summed E-state index contributed by atoms with van der Waals surface area (Å²) in [4.78, 5) is 38.7. The van der Waals surface area contributed by atoms with Crippen molar-refractivity contribution in [2.45, 2.75) is 70.8 Å². The first kappa shape index (κ1) is 31.5. The van der Waals surface area contributed by atoms with Crippen LogP contribution in [0.5, 0.6) is 5.75 Å². The Labute approximate surface area is 236 Å². The van der Waals surface area contributed by atoms with Gasteiger partial charge >= 0.3 is 5.97 Å². The number of aliphatic carboxylic acids is 1. The number of likely N-dealkylation sites (tertiary alicyclic amines) is 1. The molecule has 9 heteroatoms. The van der Waals surface area contributed by atoms with Crippen molar-refractivity contribution < 1.29 is 39.5 Å². The molecule has 9 nitrogen and oxygen atoms in total. The maximum atomic E-state index is 13.4. The number of nitrogens with zero attached hydrogens (tertiary/aromatic N) is 1. The summed E-state index contributed by atoms with van der Waals surface area (Å²) < 4.78 is 5.41. The van der Waals surface area contributed by atoms with Crippen molar-refractivity contribution in [3.05, 3.63) is 46.5 Å². The van der Waals surface area contributed by atoms with Gasteiger partial charge in [-0.1, -0.05) is 43.5 Å². The van der Waals surface area contributed by atoms with E-state index in [1.165, 1.54) is 4.90 Å². The Bertz CT molecular complexity index is 1110. The number of phenolic OH excluding ortho intramolecular Hbond substituents is 1. The van der Waals surface area contributed by atoms with E-state index in [0.29, 0.717) is 44.1 Å². The predicted molar refractivity (Wildman–Crippen MR) is 150 cm³/mol. The van der Waals surface area contributed by atoms with Gasteiger partial charge in [0, 0.05) is 26.0 Å². The van der Waals surface area contributed by atoms with Crippen LogP contribution in [0.1, 0.15) is 70.3 Å². The number of unbranched alkanes of at least 4 members (excludes halogenated alkanes) is 2. The highest BCUT2D eigenvalue weighted by atomic mass is 16.5. The Morgan fingerprint density at radius 3 is 2.58 bits per heavy atom. The monoisotopic (exact) mass is 557 g/mol. The zero-order valence-electron chi connectivity index (χ0n) is 23.6. The number of fused-ring (bicyclic) bond motifs is 1. The first-order valence-electron chi connectivity index (χ1n) is 14.3. The fourth-order valence-electron chi connectivity index (χ4n) is 6.19. The minimum atomic E-state index is -0.916. The van der Waals surface area contributed by atoms with Crippen molar-refractivity contribution >= 4 is 23.9 Å². The number of methoxy groups -OCH3 is 1. The third-order valence-corrected chi connectivity index (χ3v) is 7.97. The van der Waals surface area contributed by atoms with Crippen LogP contribution < -0.4 is 0 Å². The molecule has 0 unspecified atom stereocenters. The Morgan fingerprint density at radius 1 is 1.15 bits per heavy atom. The maximum Gasteiger partial charge on any atom is 0.303 e. The number of aliphatic hydroxyl groups is 2. The highest BCUT2D eigenvalue weighted by Gasteiger charge is 2.54. The van der Waals surface area contributed by atoms with Gasteiger partial charge in [0.1, 0.15) is 5.75 Å². The average molecular weight is 558 g/mol. The van der Waals surface area contributed by atoms with Crippen LogP contribution in [0.2, 0.25) is 0 Å². The number of aliphatic hydroxyl groups excluding tert-OH is 2. The van der Waals surface area contributed by atoms with Crippen LogP contribution in [-0.2, 0) is 19.1 Å². The van der Waals surface area contributed by atoms with Gasteiger partial charge in [0.2, 0.25) is 11.8 Å². The molecule has 0 radical (unpaired) electrons. The number of phenols is 1. The van der Waals surface area contributed by atoms with E-state index in [9.17, 15) is 29.7 Å². The Morgan fingerprint density at radius 2 is 1.93 bits per heavy atom. The minimum Gasteiger partial charge on any atom is -0.508 e. The lowest BCUT2D eigenvalue weighted by Gasteiger charge is -2.36. The number of ether oxygens (including phenoxy) is 1. The zero-order chi connectivity index (χ0) is 29.2. The van der Waals surface area contributed by atoms with Gasteiger partial charge in [-0.3, -0.25) is 19.3 Å². The third kappa shape index (κ3) is 7.80. The second kappa shape index (κ2) is 15.1. The SMILES string of the molecule is CCC/C(=C\c1cccc(O)c1)CC[C@@H](O)C1=C(COC)C[C@H]2C(=O)N(CCCCCC(=O)O)C(=O)[C@H]2[C@H]1CO. The first-order valence-corrected chi connectivity index (χ1v) is 14.3. The molecule has 220 valence electrons. The number of amides is 2. The number of benzene rings is 1. The van der Waals surface area contributed by atoms with E-state index in [-0.39, 0.29) is 43.7 Å². The molecule has 1 aromatic rings. The Kier molecular flexibility index (Phi) is 11.9. The second-order valence-corrected chi connectivity index (χ2v) is 10.9. The highest BCUT2D eigenvalue weighted by Crippen LogP contribution is 2.46. The molecule has 0 spiro atoms. The van der Waals surface area contributed by atoms with Crippen molar-refractivity contribution in [3.63, 3.8) is 0 Å². The number of allylic oxidation sites excluding steroid dienone is 1. The number of aromatic hydroxyl groups is 1. The summed E-state index contributed by atoms with van der Waals surface area (Å²) >= 11 is 0. The van der Waals surface area contributed by atoms with Gasteiger partial charge in [-0.25, -0.2) is 0 Å². The lowest BCUT2D eigenvalue weighted by Crippen LogP contribution is -2.39. The molecule has 0 aromatic heterocycles. The lowest BCUT2D eigenvalue weighted by molar-refractivity contribution is -0.141. The molecule has 0 bridgehead atoms. The van der Waals surface area contributed by atoms with Crippen molar-refractivity contribution in [3.8, 4) is 5.75 Å². The molecule has 4 atom stereocenters. The Balaban J connectivity index is 1.77. The Hall–Kier alpha value is -3.01. The topological polar surface area (TPSA) is 145 Å². The molecule has 3 rings (SSSR count). The van der Waals surface area contributed by atoms with Gasteiger partial charge in [0.15, 0.2) is 0 Å². The van der Waals surface area contributed by atoms with Crippen molar-refractivity contribution in [1.29, 1.82) is 0 Å². The normalized spacial score (nSPS) is 22.1. The molecule has 1 saturated heterocycles. The number of carbonyl (C=O) groups is 3. The smallest absolute Gasteiger partial charge is 0.303 e. The zero-order valence-corrected chi connectivity index (χ0v) is 23.6. The number of hydrogen-bond acceptors (Lipinski definition) is 7. The summed E-state index contributed by atoms with van der Waals surface area (Å²) in [7, 11) is 1.54. The van der Waals surface area contributed by atoms with E-state index in [4.69, 9.17) is 9.84 Å². The first-order chi connectivity index (χ1) is 19.2. The molecule has 1 fully saturated rings. The molecular weight excluding hydrogens is 514 g/mol. The molecule has 40 heavy (non-hydrogen) atoms. The number of carboxylic acids is 1. The molecule has 1 aromatic carbocycles. The van der Waals surface area contributed by atoms with E-state index < -0.39 is 29.8 Å². The van der Waals surface area contributed by atoms with Crippen LogP contribution in [0, 0.1) is 17.8 Å². The highest BCUT2D eigenvalue weighted by molar-refractivity contribution is 6.05. The van der Waals surface area contributed by atoms with Gasteiger partial charge in [-0.05, 0) is 67.4 Å². The fourth-order valence-corrected chi connectivity index (χ4v) is 6.19.